The van der Waals surface area contributed by atoms with Gasteiger partial charge in [0.05, 0.1) is 0 Å². The van der Waals surface area contributed by atoms with Crippen molar-refractivity contribution in [3.63, 3.8) is 0 Å². The summed E-state index contributed by atoms with van der Waals surface area (Å²) in [6.45, 7) is 8.69. The normalized spacial score (nSPS) is 12.3. The van der Waals surface area contributed by atoms with Crippen LogP contribution >= 0.6 is 0 Å². The SMILES string of the molecule is CCc1ccc2oc(C(C)(C)C)cc2c1. The fraction of sp³-hybridized carbons (Fsp3) is 0.429. The zero-order valence-corrected chi connectivity index (χ0v) is 9.92. The van der Waals surface area contributed by atoms with E-state index in [1.165, 1.54) is 10.9 Å². The van der Waals surface area contributed by atoms with E-state index in [2.05, 4.69) is 52.0 Å². The van der Waals surface area contributed by atoms with Crippen LogP contribution in [0, 0.1) is 0 Å². The first kappa shape index (κ1) is 10.3. The number of hydrogen-bond acceptors (Lipinski definition) is 1. The van der Waals surface area contributed by atoms with Crippen LogP contribution < -0.4 is 0 Å². The monoisotopic (exact) mass is 202 g/mol. The van der Waals surface area contributed by atoms with Gasteiger partial charge in [-0.3, -0.25) is 0 Å². The predicted octanol–water partition coefficient (Wildman–Crippen LogP) is 4.29. The van der Waals surface area contributed by atoms with E-state index in [0.29, 0.717) is 0 Å². The second-order valence-electron chi connectivity index (χ2n) is 5.09. The van der Waals surface area contributed by atoms with E-state index in [-0.39, 0.29) is 5.41 Å². The Hall–Kier alpha value is -1.24. The molecular formula is C14H18O. The summed E-state index contributed by atoms with van der Waals surface area (Å²) in [6.07, 6.45) is 1.08. The number of hydrogen-bond donors (Lipinski definition) is 0. The van der Waals surface area contributed by atoms with E-state index in [1.54, 1.807) is 0 Å². The van der Waals surface area contributed by atoms with Gasteiger partial charge in [0.1, 0.15) is 11.3 Å². The number of rotatable bonds is 1. The minimum atomic E-state index is 0.0887. The maximum Gasteiger partial charge on any atom is 0.134 e. The van der Waals surface area contributed by atoms with Crippen molar-refractivity contribution in [2.24, 2.45) is 0 Å². The minimum absolute atomic E-state index is 0.0887. The van der Waals surface area contributed by atoms with Gasteiger partial charge in [0, 0.05) is 10.8 Å². The van der Waals surface area contributed by atoms with Crippen LogP contribution in [-0.2, 0) is 11.8 Å². The van der Waals surface area contributed by atoms with Gasteiger partial charge in [-0.2, -0.15) is 0 Å². The summed E-state index contributed by atoms with van der Waals surface area (Å²) in [5.41, 5.74) is 2.45. The van der Waals surface area contributed by atoms with E-state index in [0.717, 1.165) is 17.8 Å². The number of aryl methyl sites for hydroxylation is 1. The molecule has 0 saturated carbocycles. The topological polar surface area (TPSA) is 13.1 Å². The third-order valence-corrected chi connectivity index (χ3v) is 2.73. The first-order valence-electron chi connectivity index (χ1n) is 5.53. The quantitative estimate of drug-likeness (QED) is 0.672. The number of furan rings is 1. The average molecular weight is 202 g/mol. The summed E-state index contributed by atoms with van der Waals surface area (Å²) in [7, 11) is 0. The second-order valence-corrected chi connectivity index (χ2v) is 5.09. The molecule has 2 rings (SSSR count). The van der Waals surface area contributed by atoms with Crippen molar-refractivity contribution in [2.45, 2.75) is 39.5 Å². The van der Waals surface area contributed by atoms with Crippen LogP contribution in [0.25, 0.3) is 11.0 Å². The molecule has 0 aliphatic carbocycles. The molecule has 1 heterocycles. The fourth-order valence-corrected chi connectivity index (χ4v) is 1.68. The lowest BCUT2D eigenvalue weighted by atomic mass is 9.93. The zero-order valence-electron chi connectivity index (χ0n) is 9.92. The van der Waals surface area contributed by atoms with Crippen molar-refractivity contribution in [3.8, 4) is 0 Å². The highest BCUT2D eigenvalue weighted by molar-refractivity contribution is 5.79. The number of benzene rings is 1. The van der Waals surface area contributed by atoms with Gasteiger partial charge in [0.15, 0.2) is 0 Å². The first-order chi connectivity index (χ1) is 7.00. The van der Waals surface area contributed by atoms with Gasteiger partial charge >= 0.3 is 0 Å². The fourth-order valence-electron chi connectivity index (χ4n) is 1.68. The lowest BCUT2D eigenvalue weighted by Crippen LogP contribution is -2.08. The molecule has 2 aromatic rings. The molecule has 80 valence electrons. The van der Waals surface area contributed by atoms with E-state index in [4.69, 9.17) is 4.42 Å². The van der Waals surface area contributed by atoms with Crippen molar-refractivity contribution in [1.29, 1.82) is 0 Å². The Labute approximate surface area is 91.1 Å². The highest BCUT2D eigenvalue weighted by Gasteiger charge is 2.18. The number of fused-ring (bicyclic) bond motifs is 1. The molecule has 0 aliphatic heterocycles. The Balaban J connectivity index is 2.56. The molecule has 1 nitrogen and oxygen atoms in total. The van der Waals surface area contributed by atoms with Crippen molar-refractivity contribution >= 4 is 11.0 Å². The van der Waals surface area contributed by atoms with Crippen molar-refractivity contribution in [2.75, 3.05) is 0 Å². The summed E-state index contributed by atoms with van der Waals surface area (Å²) in [5, 5.41) is 1.22. The van der Waals surface area contributed by atoms with Crippen molar-refractivity contribution in [3.05, 3.63) is 35.6 Å². The second kappa shape index (κ2) is 3.41. The predicted molar refractivity (Wildman–Crippen MR) is 64.3 cm³/mol. The van der Waals surface area contributed by atoms with Crippen molar-refractivity contribution in [1.82, 2.24) is 0 Å². The largest absolute Gasteiger partial charge is 0.461 e. The van der Waals surface area contributed by atoms with Crippen LogP contribution in [0.2, 0.25) is 0 Å². The minimum Gasteiger partial charge on any atom is -0.461 e. The Morgan fingerprint density at radius 3 is 2.47 bits per heavy atom. The molecule has 0 saturated heterocycles. The Kier molecular flexibility index (Phi) is 2.34. The van der Waals surface area contributed by atoms with E-state index in [9.17, 15) is 0 Å². The molecule has 0 bridgehead atoms. The van der Waals surface area contributed by atoms with Crippen LogP contribution in [0.1, 0.15) is 39.0 Å². The molecular weight excluding hydrogens is 184 g/mol. The summed E-state index contributed by atoms with van der Waals surface area (Å²) in [5.74, 6) is 1.06. The zero-order chi connectivity index (χ0) is 11.1. The molecule has 0 aliphatic rings. The van der Waals surface area contributed by atoms with E-state index >= 15 is 0 Å². The van der Waals surface area contributed by atoms with E-state index < -0.39 is 0 Å². The lowest BCUT2D eigenvalue weighted by Gasteiger charge is -2.13. The molecule has 1 aromatic heterocycles. The van der Waals surface area contributed by atoms with Crippen LogP contribution in [0.15, 0.2) is 28.7 Å². The van der Waals surface area contributed by atoms with Gasteiger partial charge < -0.3 is 4.42 Å². The van der Waals surface area contributed by atoms with Crippen LogP contribution in [0.5, 0.6) is 0 Å². The molecule has 0 unspecified atom stereocenters. The Morgan fingerprint density at radius 2 is 1.87 bits per heavy atom. The molecule has 1 heteroatoms. The summed E-state index contributed by atoms with van der Waals surface area (Å²) < 4.78 is 5.83. The van der Waals surface area contributed by atoms with Gasteiger partial charge in [-0.15, -0.1) is 0 Å². The summed E-state index contributed by atoms with van der Waals surface area (Å²) in [6, 6.07) is 8.59. The third kappa shape index (κ3) is 1.92. The molecule has 0 fully saturated rings. The molecule has 0 N–H and O–H groups in total. The van der Waals surface area contributed by atoms with Gasteiger partial charge in [-0.25, -0.2) is 0 Å². The molecule has 0 atom stereocenters. The molecule has 0 spiro atoms. The van der Waals surface area contributed by atoms with Crippen molar-refractivity contribution < 1.29 is 4.42 Å². The maximum absolute atomic E-state index is 5.83. The third-order valence-electron chi connectivity index (χ3n) is 2.73. The molecule has 15 heavy (non-hydrogen) atoms. The molecule has 0 amide bonds. The highest BCUT2D eigenvalue weighted by atomic mass is 16.3. The van der Waals surface area contributed by atoms with Gasteiger partial charge in [-0.1, -0.05) is 33.8 Å². The van der Waals surface area contributed by atoms with Gasteiger partial charge in [0.25, 0.3) is 0 Å². The average Bonchev–Trinajstić information content (AvgIpc) is 2.59. The van der Waals surface area contributed by atoms with Crippen LogP contribution in [-0.4, -0.2) is 0 Å². The summed E-state index contributed by atoms with van der Waals surface area (Å²) >= 11 is 0. The maximum atomic E-state index is 5.83. The molecule has 1 aromatic carbocycles. The Bertz CT molecular complexity index is 472. The smallest absolute Gasteiger partial charge is 0.134 e. The highest BCUT2D eigenvalue weighted by Crippen LogP contribution is 2.29. The first-order valence-corrected chi connectivity index (χ1v) is 5.53. The van der Waals surface area contributed by atoms with Gasteiger partial charge in [0.2, 0.25) is 0 Å². The van der Waals surface area contributed by atoms with Crippen LogP contribution in [0.3, 0.4) is 0 Å². The Morgan fingerprint density at radius 1 is 1.13 bits per heavy atom. The van der Waals surface area contributed by atoms with Gasteiger partial charge in [-0.05, 0) is 30.2 Å². The molecule has 0 radical (unpaired) electrons. The van der Waals surface area contributed by atoms with E-state index in [1.807, 2.05) is 0 Å². The summed E-state index contributed by atoms with van der Waals surface area (Å²) in [4.78, 5) is 0. The lowest BCUT2D eigenvalue weighted by molar-refractivity contribution is 0.430. The standard InChI is InChI=1S/C14H18O/c1-5-10-6-7-12-11(8-10)9-13(15-12)14(2,3)4/h6-9H,5H2,1-4H3. The van der Waals surface area contributed by atoms with Crippen LogP contribution in [0.4, 0.5) is 0 Å².